The van der Waals surface area contributed by atoms with E-state index in [1.807, 2.05) is 0 Å². The third kappa shape index (κ3) is 3.41. The van der Waals surface area contributed by atoms with E-state index in [1.54, 1.807) is 48.3 Å². The number of carboxylic acid groups (broad SMARTS) is 1. The van der Waals surface area contributed by atoms with E-state index in [2.05, 4.69) is 10.4 Å². The van der Waals surface area contributed by atoms with Crippen molar-refractivity contribution in [3.8, 4) is 0 Å². The van der Waals surface area contributed by atoms with Gasteiger partial charge in [0.25, 0.3) is 5.91 Å². The first kappa shape index (κ1) is 12.8. The molecule has 0 spiro atoms. The summed E-state index contributed by atoms with van der Waals surface area (Å²) in [6.45, 7) is 0. The number of amides is 1. The number of carboxylic acids is 1. The van der Waals surface area contributed by atoms with E-state index in [1.165, 1.54) is 0 Å². The summed E-state index contributed by atoms with van der Waals surface area (Å²) in [5.74, 6) is -1.18. The van der Waals surface area contributed by atoms with Crippen molar-refractivity contribution in [3.05, 3.63) is 47.8 Å². The summed E-state index contributed by atoms with van der Waals surface area (Å²) in [7, 11) is 1.73. The SMILES string of the molecule is Cn1ccc(C(=O)Nc2ccc(CC(=O)O)cc2)n1. The van der Waals surface area contributed by atoms with Crippen molar-refractivity contribution in [2.45, 2.75) is 6.42 Å². The molecule has 6 heteroatoms. The monoisotopic (exact) mass is 259 g/mol. The average Bonchev–Trinajstić information content (AvgIpc) is 2.78. The van der Waals surface area contributed by atoms with Crippen LogP contribution in [-0.2, 0) is 18.3 Å². The summed E-state index contributed by atoms with van der Waals surface area (Å²) >= 11 is 0. The molecule has 0 unspecified atom stereocenters. The van der Waals surface area contributed by atoms with E-state index in [-0.39, 0.29) is 12.3 Å². The molecule has 6 nitrogen and oxygen atoms in total. The number of nitrogens with one attached hydrogen (secondary N) is 1. The highest BCUT2D eigenvalue weighted by Gasteiger charge is 2.09. The second-order valence-electron chi connectivity index (χ2n) is 4.10. The van der Waals surface area contributed by atoms with Gasteiger partial charge in [-0.25, -0.2) is 0 Å². The molecule has 1 heterocycles. The van der Waals surface area contributed by atoms with Crippen molar-refractivity contribution < 1.29 is 14.7 Å². The van der Waals surface area contributed by atoms with Gasteiger partial charge in [0.05, 0.1) is 6.42 Å². The quantitative estimate of drug-likeness (QED) is 0.866. The molecule has 1 aromatic carbocycles. The summed E-state index contributed by atoms with van der Waals surface area (Å²) in [5, 5.41) is 15.3. The molecule has 0 atom stereocenters. The Labute approximate surface area is 109 Å². The Balaban J connectivity index is 2.03. The lowest BCUT2D eigenvalue weighted by molar-refractivity contribution is -0.136. The molecule has 0 aliphatic rings. The number of hydrogen-bond donors (Lipinski definition) is 2. The van der Waals surface area contributed by atoms with Gasteiger partial charge in [-0.15, -0.1) is 0 Å². The molecule has 1 amide bonds. The van der Waals surface area contributed by atoms with Crippen LogP contribution < -0.4 is 5.32 Å². The van der Waals surface area contributed by atoms with Crippen molar-refractivity contribution in [1.29, 1.82) is 0 Å². The molecule has 2 N–H and O–H groups in total. The van der Waals surface area contributed by atoms with E-state index < -0.39 is 5.97 Å². The fraction of sp³-hybridized carbons (Fsp3) is 0.154. The lowest BCUT2D eigenvalue weighted by Gasteiger charge is -2.04. The first-order valence-corrected chi connectivity index (χ1v) is 5.66. The average molecular weight is 259 g/mol. The fourth-order valence-corrected chi connectivity index (χ4v) is 1.61. The van der Waals surface area contributed by atoms with Gasteiger partial charge in [-0.2, -0.15) is 5.10 Å². The molecule has 19 heavy (non-hydrogen) atoms. The van der Waals surface area contributed by atoms with Crippen LogP contribution in [0.15, 0.2) is 36.5 Å². The number of aliphatic carboxylic acids is 1. The molecule has 98 valence electrons. The Kier molecular flexibility index (Phi) is 3.61. The number of carbonyl (C=O) groups excluding carboxylic acids is 1. The van der Waals surface area contributed by atoms with Crippen molar-refractivity contribution in [3.63, 3.8) is 0 Å². The number of benzene rings is 1. The van der Waals surface area contributed by atoms with Crippen molar-refractivity contribution in [2.24, 2.45) is 7.05 Å². The molecule has 0 radical (unpaired) electrons. The standard InChI is InChI=1S/C13H13N3O3/c1-16-7-6-11(15-16)13(19)14-10-4-2-9(3-5-10)8-12(17)18/h2-7H,8H2,1H3,(H,14,19)(H,17,18). The van der Waals surface area contributed by atoms with Gasteiger partial charge >= 0.3 is 5.97 Å². The number of aromatic nitrogens is 2. The molecule has 1 aromatic heterocycles. The second kappa shape index (κ2) is 5.34. The first-order chi connectivity index (χ1) is 9.04. The Morgan fingerprint density at radius 3 is 2.47 bits per heavy atom. The Bertz CT molecular complexity index is 602. The maximum Gasteiger partial charge on any atom is 0.307 e. The van der Waals surface area contributed by atoms with Crippen LogP contribution in [-0.4, -0.2) is 26.8 Å². The maximum absolute atomic E-state index is 11.8. The fourth-order valence-electron chi connectivity index (χ4n) is 1.61. The highest BCUT2D eigenvalue weighted by molar-refractivity contribution is 6.02. The lowest BCUT2D eigenvalue weighted by atomic mass is 10.1. The molecule has 0 saturated carbocycles. The van der Waals surface area contributed by atoms with E-state index in [9.17, 15) is 9.59 Å². The molecule has 0 aliphatic heterocycles. The molecule has 0 fully saturated rings. The van der Waals surface area contributed by atoms with Crippen LogP contribution in [0.2, 0.25) is 0 Å². The largest absolute Gasteiger partial charge is 0.481 e. The topological polar surface area (TPSA) is 84.2 Å². The first-order valence-electron chi connectivity index (χ1n) is 5.66. The smallest absolute Gasteiger partial charge is 0.307 e. The summed E-state index contributed by atoms with van der Waals surface area (Å²) in [6.07, 6.45) is 1.65. The van der Waals surface area contributed by atoms with Gasteiger partial charge in [0.1, 0.15) is 0 Å². The third-order valence-corrected chi connectivity index (χ3v) is 2.51. The number of anilines is 1. The third-order valence-electron chi connectivity index (χ3n) is 2.51. The van der Waals surface area contributed by atoms with Gasteiger partial charge in [0, 0.05) is 18.9 Å². The Morgan fingerprint density at radius 2 is 1.95 bits per heavy atom. The van der Waals surface area contributed by atoms with Gasteiger partial charge in [0.15, 0.2) is 5.69 Å². The number of rotatable bonds is 4. The van der Waals surface area contributed by atoms with Gasteiger partial charge in [-0.05, 0) is 23.8 Å². The van der Waals surface area contributed by atoms with Crippen LogP contribution in [0.1, 0.15) is 16.1 Å². The molecule has 2 rings (SSSR count). The van der Waals surface area contributed by atoms with Gasteiger partial charge in [0.2, 0.25) is 0 Å². The molecular formula is C13H13N3O3. The summed E-state index contributed by atoms with van der Waals surface area (Å²) in [4.78, 5) is 22.3. The minimum absolute atomic E-state index is 0.0333. The van der Waals surface area contributed by atoms with Crippen molar-refractivity contribution in [2.75, 3.05) is 5.32 Å². The van der Waals surface area contributed by atoms with Gasteiger partial charge in [-0.1, -0.05) is 12.1 Å². The zero-order valence-electron chi connectivity index (χ0n) is 10.3. The Hall–Kier alpha value is -2.63. The van der Waals surface area contributed by atoms with E-state index in [4.69, 9.17) is 5.11 Å². The maximum atomic E-state index is 11.8. The predicted molar refractivity (Wildman–Crippen MR) is 68.9 cm³/mol. The van der Waals surface area contributed by atoms with E-state index in [0.29, 0.717) is 16.9 Å². The molecule has 0 saturated heterocycles. The normalized spacial score (nSPS) is 10.2. The van der Waals surface area contributed by atoms with Crippen LogP contribution in [0.5, 0.6) is 0 Å². The van der Waals surface area contributed by atoms with E-state index in [0.717, 1.165) is 0 Å². The zero-order chi connectivity index (χ0) is 13.8. The minimum Gasteiger partial charge on any atom is -0.481 e. The highest BCUT2D eigenvalue weighted by atomic mass is 16.4. The van der Waals surface area contributed by atoms with Crippen LogP contribution >= 0.6 is 0 Å². The van der Waals surface area contributed by atoms with Gasteiger partial charge in [-0.3, -0.25) is 14.3 Å². The number of hydrogen-bond acceptors (Lipinski definition) is 3. The predicted octanol–water partition coefficient (Wildman–Crippen LogP) is 1.30. The second-order valence-corrected chi connectivity index (χ2v) is 4.10. The number of nitrogens with zero attached hydrogens (tertiary/aromatic N) is 2. The van der Waals surface area contributed by atoms with Crippen LogP contribution in [0, 0.1) is 0 Å². The number of aryl methyl sites for hydroxylation is 1. The zero-order valence-corrected chi connectivity index (χ0v) is 10.3. The van der Waals surface area contributed by atoms with Crippen LogP contribution in [0.4, 0.5) is 5.69 Å². The summed E-state index contributed by atoms with van der Waals surface area (Å²) in [5.41, 5.74) is 1.62. The van der Waals surface area contributed by atoms with Gasteiger partial charge < -0.3 is 10.4 Å². The van der Waals surface area contributed by atoms with E-state index >= 15 is 0 Å². The lowest BCUT2D eigenvalue weighted by Crippen LogP contribution is -2.13. The molecule has 0 aliphatic carbocycles. The Morgan fingerprint density at radius 1 is 1.26 bits per heavy atom. The van der Waals surface area contributed by atoms with Crippen LogP contribution in [0.3, 0.4) is 0 Å². The summed E-state index contributed by atoms with van der Waals surface area (Å²) < 4.78 is 1.55. The minimum atomic E-state index is -0.884. The van der Waals surface area contributed by atoms with Crippen molar-refractivity contribution in [1.82, 2.24) is 9.78 Å². The van der Waals surface area contributed by atoms with Crippen molar-refractivity contribution >= 4 is 17.6 Å². The molecular weight excluding hydrogens is 246 g/mol. The molecule has 0 bridgehead atoms. The number of carbonyl (C=O) groups is 2. The van der Waals surface area contributed by atoms with Crippen LogP contribution in [0.25, 0.3) is 0 Å². The molecule has 2 aromatic rings. The highest BCUT2D eigenvalue weighted by Crippen LogP contribution is 2.11. The summed E-state index contributed by atoms with van der Waals surface area (Å²) in [6, 6.07) is 8.29.